The van der Waals surface area contributed by atoms with Gasteiger partial charge in [-0.3, -0.25) is 0 Å². The van der Waals surface area contributed by atoms with E-state index in [-0.39, 0.29) is 5.03 Å². The molecule has 1 N–H and O–H groups in total. The summed E-state index contributed by atoms with van der Waals surface area (Å²) in [5, 5.41) is 3.25. The summed E-state index contributed by atoms with van der Waals surface area (Å²) in [6.45, 7) is 0.600. The number of sulfone groups is 1. The lowest BCUT2D eigenvalue weighted by Crippen LogP contribution is -2.03. The van der Waals surface area contributed by atoms with Crippen molar-refractivity contribution in [2.24, 2.45) is 0 Å². The summed E-state index contributed by atoms with van der Waals surface area (Å²) < 4.78 is 28.7. The van der Waals surface area contributed by atoms with Gasteiger partial charge < -0.3 is 10.1 Å². The first-order valence-electron chi connectivity index (χ1n) is 6.12. The molecule has 0 fully saturated rings. The van der Waals surface area contributed by atoms with Crippen LogP contribution in [0.3, 0.4) is 0 Å². The first-order chi connectivity index (χ1) is 9.90. The molecule has 5 nitrogen and oxygen atoms in total. The van der Waals surface area contributed by atoms with Crippen LogP contribution in [0.1, 0.15) is 5.56 Å². The lowest BCUT2D eigenvalue weighted by atomic mass is 10.2. The van der Waals surface area contributed by atoms with Gasteiger partial charge in [-0.15, -0.1) is 0 Å². The Hall–Kier alpha value is -1.60. The Morgan fingerprint density at radius 2 is 2.05 bits per heavy atom. The smallest absolute Gasteiger partial charge is 0.192 e. The van der Waals surface area contributed by atoms with Crippen LogP contribution in [0.5, 0.6) is 5.75 Å². The molecule has 0 atom stereocenters. The molecular weight excluding hydrogens is 356 g/mol. The Balaban J connectivity index is 2.05. The van der Waals surface area contributed by atoms with Crippen molar-refractivity contribution in [3.63, 3.8) is 0 Å². The molecule has 21 heavy (non-hydrogen) atoms. The zero-order valence-electron chi connectivity index (χ0n) is 11.6. The van der Waals surface area contributed by atoms with Crippen molar-refractivity contribution in [1.82, 2.24) is 4.98 Å². The maximum absolute atomic E-state index is 11.3. The minimum Gasteiger partial charge on any atom is -0.496 e. The second-order valence-corrected chi connectivity index (χ2v) is 7.30. The number of ether oxygens (including phenoxy) is 1. The molecule has 1 aromatic carbocycles. The number of pyridine rings is 1. The van der Waals surface area contributed by atoms with Crippen molar-refractivity contribution in [2.75, 3.05) is 18.7 Å². The number of hydrogen-bond acceptors (Lipinski definition) is 5. The van der Waals surface area contributed by atoms with E-state index < -0.39 is 9.84 Å². The third kappa shape index (κ3) is 4.18. The molecular formula is C14H15BrN2O3S. The minimum atomic E-state index is -3.26. The van der Waals surface area contributed by atoms with Crippen molar-refractivity contribution < 1.29 is 13.2 Å². The molecule has 2 aromatic rings. The second kappa shape index (κ2) is 6.44. The van der Waals surface area contributed by atoms with Crippen LogP contribution in [0.25, 0.3) is 0 Å². The van der Waals surface area contributed by atoms with Gasteiger partial charge in [-0.2, -0.15) is 0 Å². The van der Waals surface area contributed by atoms with Crippen LogP contribution < -0.4 is 10.1 Å². The largest absolute Gasteiger partial charge is 0.496 e. The van der Waals surface area contributed by atoms with Crippen LogP contribution in [-0.4, -0.2) is 26.8 Å². The molecule has 0 radical (unpaired) electrons. The average Bonchev–Trinajstić information content (AvgIpc) is 2.45. The van der Waals surface area contributed by atoms with E-state index in [0.29, 0.717) is 6.54 Å². The van der Waals surface area contributed by atoms with Crippen molar-refractivity contribution in [3.05, 3.63) is 46.6 Å². The molecule has 0 unspecified atom stereocenters. The van der Waals surface area contributed by atoms with E-state index >= 15 is 0 Å². The number of halogens is 1. The maximum Gasteiger partial charge on any atom is 0.192 e. The van der Waals surface area contributed by atoms with Gasteiger partial charge >= 0.3 is 0 Å². The Labute approximate surface area is 132 Å². The van der Waals surface area contributed by atoms with E-state index in [1.165, 1.54) is 12.3 Å². The normalized spacial score (nSPS) is 11.2. The van der Waals surface area contributed by atoms with Crippen molar-refractivity contribution in [1.29, 1.82) is 0 Å². The summed E-state index contributed by atoms with van der Waals surface area (Å²) in [6, 6.07) is 8.98. The quantitative estimate of drug-likeness (QED) is 0.876. The van der Waals surface area contributed by atoms with Crippen LogP contribution in [0, 0.1) is 0 Å². The van der Waals surface area contributed by atoms with Gasteiger partial charge in [0.05, 0.1) is 23.5 Å². The fraction of sp³-hybridized carbons (Fsp3) is 0.214. The predicted molar refractivity (Wildman–Crippen MR) is 85.4 cm³/mol. The number of nitrogens with one attached hydrogen (secondary N) is 1. The van der Waals surface area contributed by atoms with Gasteiger partial charge in [0.1, 0.15) is 5.75 Å². The van der Waals surface area contributed by atoms with Crippen LogP contribution in [0.15, 0.2) is 46.0 Å². The zero-order chi connectivity index (χ0) is 15.5. The number of benzene rings is 1. The Morgan fingerprint density at radius 1 is 1.29 bits per heavy atom. The van der Waals surface area contributed by atoms with E-state index in [1.807, 2.05) is 18.2 Å². The molecule has 0 aliphatic rings. The third-order valence-electron chi connectivity index (χ3n) is 2.83. The summed E-state index contributed by atoms with van der Waals surface area (Å²) in [5.41, 5.74) is 1.82. The second-order valence-electron chi connectivity index (χ2n) is 4.48. The Morgan fingerprint density at radius 3 is 2.57 bits per heavy atom. The molecule has 0 saturated heterocycles. The molecule has 0 amide bonds. The van der Waals surface area contributed by atoms with Crippen LogP contribution >= 0.6 is 15.9 Å². The molecule has 1 heterocycles. The van der Waals surface area contributed by atoms with Crippen molar-refractivity contribution in [2.45, 2.75) is 11.6 Å². The molecule has 7 heteroatoms. The maximum atomic E-state index is 11.3. The molecule has 0 saturated carbocycles. The van der Waals surface area contributed by atoms with Gasteiger partial charge in [-0.1, -0.05) is 6.07 Å². The minimum absolute atomic E-state index is 0.0697. The Kier molecular flexibility index (Phi) is 4.84. The molecule has 2 rings (SSSR count). The monoisotopic (exact) mass is 370 g/mol. The van der Waals surface area contributed by atoms with E-state index in [2.05, 4.69) is 26.2 Å². The summed E-state index contributed by atoms with van der Waals surface area (Å²) in [7, 11) is -1.64. The lowest BCUT2D eigenvalue weighted by Gasteiger charge is -2.09. The van der Waals surface area contributed by atoms with Crippen LogP contribution in [-0.2, 0) is 16.4 Å². The molecule has 0 bridgehead atoms. The predicted octanol–water partition coefficient (Wildman–Crippen LogP) is 2.87. The Bertz CT molecular complexity index is 730. The average molecular weight is 371 g/mol. The highest BCUT2D eigenvalue weighted by atomic mass is 79.9. The summed E-state index contributed by atoms with van der Waals surface area (Å²) in [6.07, 6.45) is 2.65. The van der Waals surface area contributed by atoms with Crippen molar-refractivity contribution in [3.8, 4) is 5.75 Å². The van der Waals surface area contributed by atoms with E-state index in [0.717, 1.165) is 27.7 Å². The SMILES string of the molecule is COc1ccc(CNc2ccc(S(C)(=O)=O)nc2)cc1Br. The molecule has 112 valence electrons. The number of nitrogens with zero attached hydrogens (tertiary/aromatic N) is 1. The number of rotatable bonds is 5. The number of methoxy groups -OCH3 is 1. The van der Waals surface area contributed by atoms with Crippen molar-refractivity contribution >= 4 is 31.5 Å². The molecule has 0 aliphatic heterocycles. The summed E-state index contributed by atoms with van der Waals surface area (Å²) >= 11 is 3.43. The number of aromatic nitrogens is 1. The van der Waals surface area contributed by atoms with E-state index in [1.54, 1.807) is 13.2 Å². The highest BCUT2D eigenvalue weighted by Crippen LogP contribution is 2.25. The van der Waals surface area contributed by atoms with E-state index in [4.69, 9.17) is 4.74 Å². The molecule has 0 aliphatic carbocycles. The molecule has 0 spiro atoms. The fourth-order valence-electron chi connectivity index (χ4n) is 1.73. The van der Waals surface area contributed by atoms with Gasteiger partial charge in [0.15, 0.2) is 14.9 Å². The highest BCUT2D eigenvalue weighted by molar-refractivity contribution is 9.10. The van der Waals surface area contributed by atoms with Gasteiger partial charge in [-0.25, -0.2) is 13.4 Å². The first kappa shape index (κ1) is 15.8. The zero-order valence-corrected chi connectivity index (χ0v) is 14.0. The summed E-state index contributed by atoms with van der Waals surface area (Å²) in [5.74, 6) is 0.776. The van der Waals surface area contributed by atoms with E-state index in [9.17, 15) is 8.42 Å². The summed E-state index contributed by atoms with van der Waals surface area (Å²) in [4.78, 5) is 3.93. The third-order valence-corrected chi connectivity index (χ3v) is 4.45. The van der Waals surface area contributed by atoms with Gasteiger partial charge in [0.25, 0.3) is 0 Å². The topological polar surface area (TPSA) is 68.3 Å². The van der Waals surface area contributed by atoms with Crippen LogP contribution in [0.2, 0.25) is 0 Å². The highest BCUT2D eigenvalue weighted by Gasteiger charge is 2.08. The van der Waals surface area contributed by atoms with Gasteiger partial charge in [0, 0.05) is 12.8 Å². The number of anilines is 1. The van der Waals surface area contributed by atoms with Gasteiger partial charge in [-0.05, 0) is 45.8 Å². The fourth-order valence-corrected chi connectivity index (χ4v) is 2.88. The van der Waals surface area contributed by atoms with Crippen LogP contribution in [0.4, 0.5) is 5.69 Å². The standard InChI is InChI=1S/C14H15BrN2O3S/c1-20-13-5-3-10(7-12(13)15)8-16-11-4-6-14(17-9-11)21(2,18)19/h3-7,9,16H,8H2,1-2H3. The lowest BCUT2D eigenvalue weighted by molar-refractivity contribution is 0.412. The molecule has 1 aromatic heterocycles. The number of hydrogen-bond donors (Lipinski definition) is 1. The first-order valence-corrected chi connectivity index (χ1v) is 8.81. The van der Waals surface area contributed by atoms with Gasteiger partial charge in [0.2, 0.25) is 0 Å².